The summed E-state index contributed by atoms with van der Waals surface area (Å²) in [6, 6.07) is 77.5. The van der Waals surface area contributed by atoms with Gasteiger partial charge < -0.3 is 0 Å². The Labute approximate surface area is 375 Å². The van der Waals surface area contributed by atoms with E-state index in [-0.39, 0.29) is 10.8 Å². The van der Waals surface area contributed by atoms with Gasteiger partial charge in [0.25, 0.3) is 0 Å². The molecule has 0 aromatic heterocycles. The second-order valence-corrected chi connectivity index (χ2v) is 19.1. The van der Waals surface area contributed by atoms with Crippen molar-refractivity contribution in [2.45, 2.75) is 38.5 Å². The number of fused-ring (bicyclic) bond motifs is 10. The molecule has 0 spiro atoms. The summed E-state index contributed by atoms with van der Waals surface area (Å²) in [6.07, 6.45) is 0. The molecule has 13 rings (SSSR count). The van der Waals surface area contributed by atoms with Crippen LogP contribution < -0.4 is 0 Å². The maximum Gasteiger partial charge on any atom is 0.0159 e. The smallest absolute Gasteiger partial charge is 0.0159 e. The fourth-order valence-electron chi connectivity index (χ4n) is 12.0. The lowest BCUT2D eigenvalue weighted by molar-refractivity contribution is 0.652. The minimum Gasteiger partial charge on any atom is -0.0622 e. The largest absolute Gasteiger partial charge is 0.0622 e. The average Bonchev–Trinajstić information content (AvgIpc) is 3.70. The molecule has 0 nitrogen and oxygen atoms in total. The van der Waals surface area contributed by atoms with Gasteiger partial charge in [0.05, 0.1) is 0 Å². The molecule has 0 fully saturated rings. The van der Waals surface area contributed by atoms with Gasteiger partial charge in [-0.3, -0.25) is 0 Å². The Morgan fingerprint density at radius 3 is 0.766 bits per heavy atom. The molecule has 11 aromatic carbocycles. The Balaban J connectivity index is 0.953. The van der Waals surface area contributed by atoms with Gasteiger partial charge in [0, 0.05) is 10.8 Å². The maximum atomic E-state index is 2.55. The standard InChI is InChI=1S/C64H46/c1-63(2)55-35-41(61-49-27-15-11-23-45(49)59(39-19-7-5-8-20-39)46-24-12-16-28-50(46)61)31-33-43(55)53-38-58-54(37-57(53)63)44-34-32-42(36-56(44)64(58,3)4)62-51-29-17-13-25-47(51)60(40-21-9-6-10-22-40)48-26-14-18-30-52(48)62/h5-38H,1-4H3. The van der Waals surface area contributed by atoms with Crippen molar-refractivity contribution in [3.05, 3.63) is 229 Å². The highest BCUT2D eigenvalue weighted by molar-refractivity contribution is 6.23. The molecule has 0 heterocycles. The quantitative estimate of drug-likeness (QED) is 0.155. The number of hydrogen-bond donors (Lipinski definition) is 0. The van der Waals surface area contributed by atoms with Crippen molar-refractivity contribution in [3.63, 3.8) is 0 Å². The fraction of sp³-hybridized carbons (Fsp3) is 0.0938. The van der Waals surface area contributed by atoms with E-state index in [4.69, 9.17) is 0 Å². The fourth-order valence-corrected chi connectivity index (χ4v) is 12.0. The van der Waals surface area contributed by atoms with Crippen LogP contribution in [0.3, 0.4) is 0 Å². The van der Waals surface area contributed by atoms with Crippen molar-refractivity contribution in [1.29, 1.82) is 0 Å². The molecule has 0 heteroatoms. The molecule has 0 amide bonds. The lowest BCUT2D eigenvalue weighted by Crippen LogP contribution is -2.17. The Bertz CT molecular complexity index is 3390. The van der Waals surface area contributed by atoms with Crippen LogP contribution in [-0.2, 0) is 10.8 Å². The van der Waals surface area contributed by atoms with Gasteiger partial charge in [0.15, 0.2) is 0 Å². The molecule has 0 bridgehead atoms. The minimum absolute atomic E-state index is 0.184. The van der Waals surface area contributed by atoms with Gasteiger partial charge in [-0.25, -0.2) is 0 Å². The summed E-state index contributed by atoms with van der Waals surface area (Å²) in [5.74, 6) is 0. The van der Waals surface area contributed by atoms with Crippen LogP contribution in [0.25, 0.3) is 110 Å². The molecule has 0 saturated heterocycles. The molecule has 0 saturated carbocycles. The topological polar surface area (TPSA) is 0 Å². The first-order valence-corrected chi connectivity index (χ1v) is 22.8. The molecular weight excluding hydrogens is 769 g/mol. The number of benzene rings is 11. The summed E-state index contributed by atoms with van der Waals surface area (Å²) >= 11 is 0. The van der Waals surface area contributed by atoms with Crippen molar-refractivity contribution in [2.24, 2.45) is 0 Å². The zero-order valence-electron chi connectivity index (χ0n) is 36.6. The third-order valence-electron chi connectivity index (χ3n) is 15.0. The van der Waals surface area contributed by atoms with E-state index < -0.39 is 0 Å². The van der Waals surface area contributed by atoms with E-state index >= 15 is 0 Å². The van der Waals surface area contributed by atoms with E-state index in [2.05, 4.69) is 234 Å². The lowest BCUT2D eigenvalue weighted by atomic mass is 9.78. The molecule has 2 aliphatic rings. The molecule has 0 aliphatic heterocycles. The Kier molecular flexibility index (Phi) is 7.80. The van der Waals surface area contributed by atoms with Crippen molar-refractivity contribution in [2.75, 3.05) is 0 Å². The van der Waals surface area contributed by atoms with Gasteiger partial charge >= 0.3 is 0 Å². The summed E-state index contributed by atoms with van der Waals surface area (Å²) in [6.45, 7) is 9.73. The van der Waals surface area contributed by atoms with E-state index in [1.165, 1.54) is 132 Å². The SMILES string of the molecule is CC1(C)c2cc(-c3c4ccccc4c(-c4ccccc4)c4ccccc34)ccc2-c2cc3c(cc21)-c1ccc(-c2c4ccccc4c(-c4ccccc4)c4ccccc24)cc1C3(C)C. The van der Waals surface area contributed by atoms with E-state index in [1.807, 2.05) is 0 Å². The van der Waals surface area contributed by atoms with E-state index in [0.29, 0.717) is 0 Å². The van der Waals surface area contributed by atoms with Crippen molar-refractivity contribution in [3.8, 4) is 66.8 Å². The Hall–Kier alpha value is -7.54. The van der Waals surface area contributed by atoms with Crippen LogP contribution in [0, 0.1) is 0 Å². The molecule has 0 N–H and O–H groups in total. The summed E-state index contributed by atoms with van der Waals surface area (Å²) in [4.78, 5) is 0. The summed E-state index contributed by atoms with van der Waals surface area (Å²) in [7, 11) is 0. The zero-order valence-corrected chi connectivity index (χ0v) is 36.6. The second kappa shape index (κ2) is 13.5. The van der Waals surface area contributed by atoms with Crippen LogP contribution in [0.1, 0.15) is 49.9 Å². The molecule has 0 unspecified atom stereocenters. The highest BCUT2D eigenvalue weighted by Crippen LogP contribution is 2.58. The molecule has 11 aromatic rings. The van der Waals surface area contributed by atoms with Crippen LogP contribution in [0.5, 0.6) is 0 Å². The summed E-state index contributed by atoms with van der Waals surface area (Å²) < 4.78 is 0. The maximum absolute atomic E-state index is 2.55. The predicted octanol–water partition coefficient (Wildman–Crippen LogP) is 17.6. The van der Waals surface area contributed by atoms with Gasteiger partial charge in [0.2, 0.25) is 0 Å². The number of rotatable bonds is 4. The van der Waals surface area contributed by atoms with E-state index in [9.17, 15) is 0 Å². The van der Waals surface area contributed by atoms with Crippen molar-refractivity contribution >= 4 is 43.1 Å². The van der Waals surface area contributed by atoms with Crippen LogP contribution in [-0.4, -0.2) is 0 Å². The summed E-state index contributed by atoms with van der Waals surface area (Å²) in [5, 5.41) is 10.3. The molecular formula is C64H46. The van der Waals surface area contributed by atoms with Gasteiger partial charge in [-0.2, -0.15) is 0 Å². The molecule has 0 radical (unpaired) electrons. The van der Waals surface area contributed by atoms with Crippen LogP contribution in [0.4, 0.5) is 0 Å². The molecule has 2 aliphatic carbocycles. The van der Waals surface area contributed by atoms with Crippen LogP contribution in [0.15, 0.2) is 206 Å². The minimum atomic E-state index is -0.184. The highest BCUT2D eigenvalue weighted by atomic mass is 14.4. The molecule has 302 valence electrons. The second-order valence-electron chi connectivity index (χ2n) is 19.1. The predicted molar refractivity (Wildman–Crippen MR) is 273 cm³/mol. The van der Waals surface area contributed by atoms with Gasteiger partial charge in [0.1, 0.15) is 0 Å². The van der Waals surface area contributed by atoms with Crippen LogP contribution in [0.2, 0.25) is 0 Å². The third-order valence-corrected chi connectivity index (χ3v) is 15.0. The van der Waals surface area contributed by atoms with E-state index in [1.54, 1.807) is 0 Å². The Morgan fingerprint density at radius 1 is 0.219 bits per heavy atom. The highest BCUT2D eigenvalue weighted by Gasteiger charge is 2.42. The van der Waals surface area contributed by atoms with Gasteiger partial charge in [-0.15, -0.1) is 0 Å². The first-order valence-electron chi connectivity index (χ1n) is 22.8. The zero-order chi connectivity index (χ0) is 42.9. The van der Waals surface area contributed by atoms with Gasteiger partial charge in [-0.05, 0) is 156 Å². The first-order chi connectivity index (χ1) is 31.3. The molecule has 64 heavy (non-hydrogen) atoms. The average molecular weight is 815 g/mol. The molecule has 0 atom stereocenters. The van der Waals surface area contributed by atoms with Gasteiger partial charge in [-0.1, -0.05) is 210 Å². The Morgan fingerprint density at radius 2 is 0.469 bits per heavy atom. The normalized spacial score (nSPS) is 14.2. The first kappa shape index (κ1) is 37.1. The number of hydrogen-bond acceptors (Lipinski definition) is 0. The van der Waals surface area contributed by atoms with Crippen molar-refractivity contribution < 1.29 is 0 Å². The lowest BCUT2D eigenvalue weighted by Gasteiger charge is -2.25. The van der Waals surface area contributed by atoms with Crippen LogP contribution >= 0.6 is 0 Å². The van der Waals surface area contributed by atoms with E-state index in [0.717, 1.165) is 0 Å². The third kappa shape index (κ3) is 5.11. The summed E-state index contributed by atoms with van der Waals surface area (Å²) in [5.41, 5.74) is 21.0. The van der Waals surface area contributed by atoms with Crippen molar-refractivity contribution in [1.82, 2.24) is 0 Å². The monoisotopic (exact) mass is 814 g/mol.